The number of hydrogen-bond acceptors (Lipinski definition) is 3. The van der Waals surface area contributed by atoms with Gasteiger partial charge in [-0.25, -0.2) is 13.6 Å². The Morgan fingerprint density at radius 2 is 1.41 bits per heavy atom. The highest BCUT2D eigenvalue weighted by molar-refractivity contribution is 7.89. The molecule has 0 unspecified atom stereocenters. The van der Waals surface area contributed by atoms with Crippen molar-refractivity contribution < 1.29 is 8.42 Å². The topological polar surface area (TPSA) is 88.8 Å². The molecule has 2 aromatic carbocycles. The number of aryl methyl sites for hydroxylation is 1. The van der Waals surface area contributed by atoms with E-state index in [1.807, 2.05) is 31.2 Å². The van der Waals surface area contributed by atoms with Gasteiger partial charge in [-0.05, 0) is 35.7 Å². The van der Waals surface area contributed by atoms with E-state index in [1.54, 1.807) is 18.3 Å². The number of aromatic nitrogens is 2. The molecule has 0 aliphatic rings. The van der Waals surface area contributed by atoms with E-state index in [0.717, 1.165) is 27.9 Å². The lowest BCUT2D eigenvalue weighted by Crippen LogP contribution is -2.11. The van der Waals surface area contributed by atoms with Crippen LogP contribution in [0.25, 0.3) is 22.3 Å². The van der Waals surface area contributed by atoms with E-state index in [0.29, 0.717) is 0 Å². The molecule has 0 spiro atoms. The number of nitrogens with one attached hydrogen (secondary N) is 1. The van der Waals surface area contributed by atoms with Crippen molar-refractivity contribution in [1.29, 1.82) is 0 Å². The molecule has 0 saturated heterocycles. The fraction of sp³-hybridized carbons (Fsp3) is 0.0625. The smallest absolute Gasteiger partial charge is 0.238 e. The molecule has 3 aromatic rings. The summed E-state index contributed by atoms with van der Waals surface area (Å²) in [5.41, 5.74) is 5.10. The average molecular weight is 313 g/mol. The Balaban J connectivity index is 1.92. The van der Waals surface area contributed by atoms with Crippen LogP contribution in [0.3, 0.4) is 0 Å². The molecule has 0 aliphatic carbocycles. The van der Waals surface area contributed by atoms with Crippen molar-refractivity contribution in [3.05, 3.63) is 60.4 Å². The zero-order valence-electron chi connectivity index (χ0n) is 11.9. The minimum Gasteiger partial charge on any atom is -0.282 e. The lowest BCUT2D eigenvalue weighted by Gasteiger charge is -2.05. The first kappa shape index (κ1) is 14.5. The first-order valence-corrected chi connectivity index (χ1v) is 8.23. The van der Waals surface area contributed by atoms with Gasteiger partial charge < -0.3 is 0 Å². The summed E-state index contributed by atoms with van der Waals surface area (Å²) in [6.45, 7) is 1.97. The summed E-state index contributed by atoms with van der Waals surface area (Å²) in [5, 5.41) is 12.0. The summed E-state index contributed by atoms with van der Waals surface area (Å²) in [4.78, 5) is 0.113. The Labute approximate surface area is 128 Å². The molecule has 112 valence electrons. The van der Waals surface area contributed by atoms with Crippen LogP contribution in [-0.2, 0) is 10.0 Å². The summed E-state index contributed by atoms with van der Waals surface area (Å²) in [5.74, 6) is 0. The van der Waals surface area contributed by atoms with Crippen molar-refractivity contribution in [3.63, 3.8) is 0 Å². The fourth-order valence-electron chi connectivity index (χ4n) is 2.32. The van der Waals surface area contributed by atoms with E-state index in [9.17, 15) is 8.42 Å². The van der Waals surface area contributed by atoms with Crippen molar-refractivity contribution in [2.45, 2.75) is 11.8 Å². The number of aromatic amines is 1. The normalized spacial score (nSPS) is 11.5. The van der Waals surface area contributed by atoms with Crippen LogP contribution in [0.15, 0.2) is 59.6 Å². The largest absolute Gasteiger partial charge is 0.282 e. The molecule has 1 aromatic heterocycles. The molecule has 0 bridgehead atoms. The molecule has 22 heavy (non-hydrogen) atoms. The first-order valence-electron chi connectivity index (χ1n) is 6.69. The zero-order valence-corrected chi connectivity index (χ0v) is 12.8. The number of sulfonamides is 1. The van der Waals surface area contributed by atoms with Crippen LogP contribution in [0.2, 0.25) is 0 Å². The van der Waals surface area contributed by atoms with Gasteiger partial charge in [0.15, 0.2) is 0 Å². The Morgan fingerprint density at radius 3 is 1.86 bits per heavy atom. The molecule has 0 fully saturated rings. The maximum absolute atomic E-state index is 11.3. The standard InChI is InChI=1S/C16H15N3O2S/c1-11-16(10-18-19-11)14-4-2-12(3-5-14)13-6-8-15(9-7-13)22(17,20)21/h2-10H,1H3,(H,18,19)(H2,17,20,21). The van der Waals surface area contributed by atoms with Crippen molar-refractivity contribution in [2.24, 2.45) is 5.14 Å². The molecule has 3 N–H and O–H groups in total. The number of hydrogen-bond donors (Lipinski definition) is 2. The quantitative estimate of drug-likeness (QED) is 0.779. The summed E-state index contributed by atoms with van der Waals surface area (Å²) >= 11 is 0. The SMILES string of the molecule is Cc1[nH]ncc1-c1ccc(-c2ccc(S(N)(=O)=O)cc2)cc1. The molecule has 0 radical (unpaired) electrons. The monoisotopic (exact) mass is 313 g/mol. The van der Waals surface area contributed by atoms with Crippen molar-refractivity contribution in [3.8, 4) is 22.3 Å². The molecular formula is C16H15N3O2S. The maximum Gasteiger partial charge on any atom is 0.238 e. The number of benzene rings is 2. The van der Waals surface area contributed by atoms with Gasteiger partial charge in [0.1, 0.15) is 0 Å². The van der Waals surface area contributed by atoms with E-state index < -0.39 is 10.0 Å². The van der Waals surface area contributed by atoms with E-state index in [1.165, 1.54) is 12.1 Å². The van der Waals surface area contributed by atoms with Gasteiger partial charge in [0.25, 0.3) is 0 Å². The highest BCUT2D eigenvalue weighted by atomic mass is 32.2. The third-order valence-corrected chi connectivity index (χ3v) is 4.47. The van der Waals surface area contributed by atoms with Crippen LogP contribution in [0.4, 0.5) is 0 Å². The van der Waals surface area contributed by atoms with Gasteiger partial charge in [-0.15, -0.1) is 0 Å². The summed E-state index contributed by atoms with van der Waals surface area (Å²) in [6, 6.07) is 14.5. The predicted octanol–water partition coefficient (Wildman–Crippen LogP) is 2.70. The van der Waals surface area contributed by atoms with Gasteiger partial charge >= 0.3 is 0 Å². The van der Waals surface area contributed by atoms with Crippen LogP contribution >= 0.6 is 0 Å². The Morgan fingerprint density at radius 1 is 0.909 bits per heavy atom. The molecule has 3 rings (SSSR count). The molecule has 5 nitrogen and oxygen atoms in total. The molecule has 0 amide bonds. The molecular weight excluding hydrogens is 298 g/mol. The predicted molar refractivity (Wildman–Crippen MR) is 85.6 cm³/mol. The lowest BCUT2D eigenvalue weighted by atomic mass is 10.0. The fourth-order valence-corrected chi connectivity index (χ4v) is 2.84. The molecule has 0 aliphatic heterocycles. The second-order valence-electron chi connectivity index (χ2n) is 5.06. The zero-order chi connectivity index (χ0) is 15.7. The number of H-pyrrole nitrogens is 1. The van der Waals surface area contributed by atoms with Gasteiger partial charge in [0, 0.05) is 11.3 Å². The van der Waals surface area contributed by atoms with Gasteiger partial charge in [0.05, 0.1) is 11.1 Å². The minimum atomic E-state index is -3.65. The van der Waals surface area contributed by atoms with E-state index in [-0.39, 0.29) is 4.90 Å². The third-order valence-electron chi connectivity index (χ3n) is 3.54. The summed E-state index contributed by atoms with van der Waals surface area (Å²) in [6.07, 6.45) is 1.80. The van der Waals surface area contributed by atoms with Gasteiger partial charge in [-0.3, -0.25) is 5.10 Å². The van der Waals surface area contributed by atoms with E-state index >= 15 is 0 Å². The van der Waals surface area contributed by atoms with Crippen molar-refractivity contribution in [1.82, 2.24) is 10.2 Å². The molecule has 6 heteroatoms. The highest BCUT2D eigenvalue weighted by Gasteiger charge is 2.08. The van der Waals surface area contributed by atoms with Gasteiger partial charge in [-0.1, -0.05) is 36.4 Å². The number of nitrogens with zero attached hydrogens (tertiary/aromatic N) is 1. The minimum absolute atomic E-state index is 0.113. The van der Waals surface area contributed by atoms with Crippen molar-refractivity contribution >= 4 is 10.0 Å². The number of nitrogens with two attached hydrogens (primary N) is 1. The van der Waals surface area contributed by atoms with Crippen molar-refractivity contribution in [2.75, 3.05) is 0 Å². The van der Waals surface area contributed by atoms with Gasteiger partial charge in [-0.2, -0.15) is 5.10 Å². The van der Waals surface area contributed by atoms with Crippen LogP contribution in [0.5, 0.6) is 0 Å². The lowest BCUT2D eigenvalue weighted by molar-refractivity contribution is 0.598. The first-order chi connectivity index (χ1) is 10.4. The Kier molecular flexibility index (Phi) is 3.56. The summed E-state index contributed by atoms with van der Waals surface area (Å²) < 4.78 is 22.5. The number of rotatable bonds is 3. The average Bonchev–Trinajstić information content (AvgIpc) is 2.93. The molecule has 0 atom stereocenters. The Hall–Kier alpha value is -2.44. The van der Waals surface area contributed by atoms with E-state index in [2.05, 4.69) is 10.2 Å². The number of primary sulfonamides is 1. The van der Waals surface area contributed by atoms with Crippen LogP contribution in [0.1, 0.15) is 5.69 Å². The second-order valence-corrected chi connectivity index (χ2v) is 6.62. The van der Waals surface area contributed by atoms with Gasteiger partial charge in [0.2, 0.25) is 10.0 Å². The Bertz CT molecular complexity index is 895. The highest BCUT2D eigenvalue weighted by Crippen LogP contribution is 2.26. The maximum atomic E-state index is 11.3. The third kappa shape index (κ3) is 2.79. The van der Waals surface area contributed by atoms with Crippen LogP contribution in [0, 0.1) is 6.92 Å². The molecule has 1 heterocycles. The van der Waals surface area contributed by atoms with Crippen LogP contribution < -0.4 is 5.14 Å². The second kappa shape index (κ2) is 5.40. The van der Waals surface area contributed by atoms with Crippen LogP contribution in [-0.4, -0.2) is 18.6 Å². The van der Waals surface area contributed by atoms with E-state index in [4.69, 9.17) is 5.14 Å². The molecule has 0 saturated carbocycles. The summed E-state index contributed by atoms with van der Waals surface area (Å²) in [7, 11) is -3.65.